The van der Waals surface area contributed by atoms with Gasteiger partial charge in [0.25, 0.3) is 5.91 Å². The Labute approximate surface area is 214 Å². The highest BCUT2D eigenvalue weighted by molar-refractivity contribution is 8.00. The summed E-state index contributed by atoms with van der Waals surface area (Å²) < 4.78 is 40.4. The Morgan fingerprint density at radius 2 is 1.80 bits per heavy atom. The van der Waals surface area contributed by atoms with Gasteiger partial charge in [0.05, 0.1) is 22.9 Å². The molecule has 10 heteroatoms. The van der Waals surface area contributed by atoms with Crippen LogP contribution in [0.5, 0.6) is 0 Å². The summed E-state index contributed by atoms with van der Waals surface area (Å²) in [6.07, 6.45) is 2.47. The Morgan fingerprint density at radius 1 is 1.17 bits per heavy atom. The van der Waals surface area contributed by atoms with Crippen LogP contribution in [0.2, 0.25) is 0 Å². The first-order chi connectivity index (χ1) is 16.4. The number of rotatable bonds is 5. The summed E-state index contributed by atoms with van der Waals surface area (Å²) in [5.41, 5.74) is -2.11. The van der Waals surface area contributed by atoms with Crippen molar-refractivity contribution in [3.8, 4) is 6.07 Å². The fourth-order valence-electron chi connectivity index (χ4n) is 4.31. The lowest BCUT2D eigenvalue weighted by atomic mass is 9.87. The third-order valence-electron chi connectivity index (χ3n) is 6.46. The summed E-state index contributed by atoms with van der Waals surface area (Å²) in [5, 5.41) is 9.72. The molecule has 2 unspecified atom stereocenters. The van der Waals surface area contributed by atoms with Gasteiger partial charge >= 0.3 is 12.2 Å². The molecule has 1 saturated heterocycles. The van der Waals surface area contributed by atoms with Crippen LogP contribution in [0.4, 0.5) is 23.7 Å². The van der Waals surface area contributed by atoms with Gasteiger partial charge in [0.2, 0.25) is 0 Å². The van der Waals surface area contributed by atoms with Gasteiger partial charge in [-0.15, -0.1) is 0 Å². The van der Waals surface area contributed by atoms with Crippen molar-refractivity contribution in [2.45, 2.75) is 63.3 Å². The van der Waals surface area contributed by atoms with Crippen LogP contribution in [0.3, 0.4) is 0 Å². The van der Waals surface area contributed by atoms with E-state index in [-0.39, 0.29) is 18.2 Å². The fraction of sp³-hybridized carbons (Fsp3) is 0.560. The summed E-state index contributed by atoms with van der Waals surface area (Å²) in [5.74, 6) is -0.403. The van der Waals surface area contributed by atoms with Crippen LogP contribution < -0.4 is 4.90 Å². The second-order valence-corrected chi connectivity index (χ2v) is 10.9. The summed E-state index contributed by atoms with van der Waals surface area (Å²) >= 11 is 3.50. The van der Waals surface area contributed by atoms with E-state index in [0.29, 0.717) is 16.6 Å². The molecule has 0 bridgehead atoms. The van der Waals surface area contributed by atoms with Gasteiger partial charge in [-0.25, -0.2) is 9.69 Å². The number of hydrogen-bond donors (Lipinski definition) is 0. The number of halogens is 3. The van der Waals surface area contributed by atoms with Crippen molar-refractivity contribution in [2.75, 3.05) is 24.0 Å². The molecule has 1 heterocycles. The number of nitrogens with zero attached hydrogens (tertiary/aromatic N) is 3. The molecule has 1 aliphatic carbocycles. The van der Waals surface area contributed by atoms with Gasteiger partial charge in [-0.05, 0) is 62.5 Å². The molecule has 1 aromatic carbocycles. The molecule has 35 heavy (non-hydrogen) atoms. The summed E-state index contributed by atoms with van der Waals surface area (Å²) in [7, 11) is 0. The molecule has 3 rings (SSSR count). The second-order valence-electron chi connectivity index (χ2n) is 8.72. The topological polar surface area (TPSA) is 64.4 Å². The minimum atomic E-state index is -4.79. The number of benzene rings is 1. The average Bonchev–Trinajstić information content (AvgIpc) is 2.99. The second kappa shape index (κ2) is 11.3. The van der Waals surface area contributed by atoms with Gasteiger partial charge in [0.1, 0.15) is 5.54 Å². The average molecular weight is 528 g/mol. The van der Waals surface area contributed by atoms with Gasteiger partial charge in [0.15, 0.2) is 0 Å². The number of anilines is 1. The molecule has 1 aliphatic heterocycles. The number of alkyl halides is 3. The summed E-state index contributed by atoms with van der Waals surface area (Å²) in [4.78, 5) is 28.8. The lowest BCUT2D eigenvalue weighted by molar-refractivity contribution is -0.137. The standard InChI is InChI=1S/C23H26F3N3O2S2.C2H6/c1-13-15(8-17(32-4)10-19(13)33-5)12-28-21(31)29(20(30)22(28,2)3)16-7-6-14(11-27)18(9-16)23(24,25)26;1-2/h6-9,13,17,19H,10,12H2,1-5H3;1-2H3/t13-,17?,19?;/m1./s1. The minimum absolute atomic E-state index is 0.193. The molecule has 2 aliphatic rings. The van der Waals surface area contributed by atoms with E-state index in [2.05, 4.69) is 19.3 Å². The Bertz CT molecular complexity index is 1030. The largest absolute Gasteiger partial charge is 0.417 e. The van der Waals surface area contributed by atoms with Crippen molar-refractivity contribution in [1.82, 2.24) is 4.90 Å². The Balaban J connectivity index is 0.00000210. The Hall–Kier alpha value is -2.12. The van der Waals surface area contributed by atoms with E-state index in [9.17, 15) is 22.8 Å². The highest BCUT2D eigenvalue weighted by Gasteiger charge is 2.52. The number of carbonyl (C=O) groups excluding carboxylic acids is 2. The lowest BCUT2D eigenvalue weighted by Crippen LogP contribution is -2.46. The van der Waals surface area contributed by atoms with Crippen molar-refractivity contribution in [2.24, 2.45) is 5.92 Å². The molecule has 3 amide bonds. The summed E-state index contributed by atoms with van der Waals surface area (Å²) in [6, 6.07) is 3.75. The first kappa shape index (κ1) is 29.1. The van der Waals surface area contributed by atoms with E-state index in [1.807, 2.05) is 20.1 Å². The summed E-state index contributed by atoms with van der Waals surface area (Å²) in [6.45, 7) is 9.54. The van der Waals surface area contributed by atoms with Crippen LogP contribution in [0, 0.1) is 17.2 Å². The smallest absolute Gasteiger partial charge is 0.306 e. The normalized spacial score (nSPS) is 24.0. The number of thioether (sulfide) groups is 2. The number of nitriles is 1. The monoisotopic (exact) mass is 527 g/mol. The first-order valence-corrected chi connectivity index (χ1v) is 14.0. The van der Waals surface area contributed by atoms with Crippen molar-refractivity contribution in [3.63, 3.8) is 0 Å². The molecule has 0 radical (unpaired) electrons. The van der Waals surface area contributed by atoms with Crippen LogP contribution in [0.15, 0.2) is 29.8 Å². The minimum Gasteiger partial charge on any atom is -0.306 e. The molecule has 1 aromatic rings. The third kappa shape index (κ3) is 5.67. The van der Waals surface area contributed by atoms with Gasteiger partial charge in [-0.2, -0.15) is 42.0 Å². The van der Waals surface area contributed by atoms with E-state index in [1.54, 1.807) is 37.4 Å². The van der Waals surface area contributed by atoms with Gasteiger partial charge in [0, 0.05) is 17.0 Å². The van der Waals surface area contributed by atoms with E-state index >= 15 is 0 Å². The quantitative estimate of drug-likeness (QED) is 0.320. The molecule has 0 aromatic heterocycles. The van der Waals surface area contributed by atoms with Crippen molar-refractivity contribution < 1.29 is 22.8 Å². The Kier molecular flexibility index (Phi) is 9.39. The molecular formula is C25H32F3N3O2S2. The van der Waals surface area contributed by atoms with Crippen molar-refractivity contribution in [1.29, 1.82) is 5.26 Å². The fourth-order valence-corrected chi connectivity index (χ4v) is 6.12. The Morgan fingerprint density at radius 3 is 2.31 bits per heavy atom. The molecule has 0 saturated carbocycles. The predicted molar refractivity (Wildman–Crippen MR) is 138 cm³/mol. The number of carbonyl (C=O) groups is 2. The zero-order chi connectivity index (χ0) is 26.7. The number of imide groups is 1. The maximum absolute atomic E-state index is 13.5. The first-order valence-electron chi connectivity index (χ1n) is 11.4. The van der Waals surface area contributed by atoms with Crippen molar-refractivity contribution >= 4 is 41.1 Å². The number of hydrogen-bond acceptors (Lipinski definition) is 5. The van der Waals surface area contributed by atoms with Gasteiger partial charge in [-0.1, -0.05) is 26.8 Å². The number of amides is 3. The highest BCUT2D eigenvalue weighted by Crippen LogP contribution is 2.41. The van der Waals surface area contributed by atoms with Crippen LogP contribution >= 0.6 is 23.5 Å². The maximum atomic E-state index is 13.5. The van der Waals surface area contributed by atoms with Crippen LogP contribution in [0.1, 0.15) is 52.2 Å². The SMILES string of the molecule is CC.CSC1C=C(CN2C(=O)N(c3ccc(C#N)c(C(F)(F)F)c3)C(=O)C2(C)C)[C@@H](C)C(SC)C1. The van der Waals surface area contributed by atoms with E-state index in [4.69, 9.17) is 5.26 Å². The molecule has 0 N–H and O–H groups in total. The molecule has 1 fully saturated rings. The number of urea groups is 1. The van der Waals surface area contributed by atoms with Crippen LogP contribution in [-0.4, -0.2) is 51.9 Å². The van der Waals surface area contributed by atoms with Crippen LogP contribution in [0.25, 0.3) is 0 Å². The maximum Gasteiger partial charge on any atom is 0.417 e. The van der Waals surface area contributed by atoms with Crippen LogP contribution in [-0.2, 0) is 11.0 Å². The lowest BCUT2D eigenvalue weighted by Gasteiger charge is -2.36. The van der Waals surface area contributed by atoms with Gasteiger partial charge in [-0.3, -0.25) is 4.79 Å². The molecule has 0 spiro atoms. The van der Waals surface area contributed by atoms with E-state index in [1.165, 1.54) is 17.0 Å². The zero-order valence-electron chi connectivity index (χ0n) is 21.1. The molecular weight excluding hydrogens is 495 g/mol. The highest BCUT2D eigenvalue weighted by atomic mass is 32.2. The molecule has 3 atom stereocenters. The van der Waals surface area contributed by atoms with E-state index < -0.39 is 34.8 Å². The zero-order valence-corrected chi connectivity index (χ0v) is 22.7. The van der Waals surface area contributed by atoms with Gasteiger partial charge < -0.3 is 4.90 Å². The van der Waals surface area contributed by atoms with Crippen molar-refractivity contribution in [3.05, 3.63) is 41.0 Å². The molecule has 192 valence electrons. The predicted octanol–water partition coefficient (Wildman–Crippen LogP) is 6.58. The van der Waals surface area contributed by atoms with E-state index in [0.717, 1.165) is 23.0 Å². The molecule has 5 nitrogen and oxygen atoms in total. The third-order valence-corrected chi connectivity index (χ3v) is 8.60.